The second kappa shape index (κ2) is 2.39. The minimum atomic E-state index is -0.626. The molecule has 1 nitrogen and oxygen atoms in total. The number of carbonyl (C=O) groups is 1. The van der Waals surface area contributed by atoms with E-state index in [9.17, 15) is 4.79 Å². The fourth-order valence-corrected chi connectivity index (χ4v) is 1.44. The Morgan fingerprint density at radius 2 is 2.30 bits per heavy atom. The van der Waals surface area contributed by atoms with Gasteiger partial charge >= 0.3 is 0 Å². The van der Waals surface area contributed by atoms with Crippen LogP contribution in [0.15, 0.2) is 11.6 Å². The van der Waals surface area contributed by atoms with Crippen molar-refractivity contribution in [2.24, 2.45) is 0 Å². The zero-order valence-electron chi connectivity index (χ0n) is 6.28. The highest BCUT2D eigenvalue weighted by Gasteiger charge is 2.32. The van der Waals surface area contributed by atoms with Crippen LogP contribution in [0.25, 0.3) is 0 Å². The molecule has 0 saturated heterocycles. The number of rotatable bonds is 0. The van der Waals surface area contributed by atoms with Gasteiger partial charge in [-0.15, -0.1) is 11.6 Å². The van der Waals surface area contributed by atoms with Crippen LogP contribution in [-0.2, 0) is 4.79 Å². The quantitative estimate of drug-likeness (QED) is 0.495. The number of Topliss-reactive ketones (excluding diaryl/α,β-unsaturated/α-hetero) is 1. The van der Waals surface area contributed by atoms with Crippen LogP contribution in [0, 0.1) is 0 Å². The monoisotopic (exact) mass is 158 g/mol. The average molecular weight is 159 g/mol. The highest BCUT2D eigenvalue weighted by Crippen LogP contribution is 2.29. The molecule has 0 N–H and O–H groups in total. The van der Waals surface area contributed by atoms with Crippen molar-refractivity contribution in [2.45, 2.75) is 31.6 Å². The Morgan fingerprint density at radius 1 is 1.70 bits per heavy atom. The lowest BCUT2D eigenvalue weighted by atomic mass is 9.89. The number of hydrogen-bond donors (Lipinski definition) is 0. The smallest absolute Gasteiger partial charge is 0.178 e. The Kier molecular flexibility index (Phi) is 1.86. The van der Waals surface area contributed by atoms with Crippen LogP contribution in [0.2, 0.25) is 0 Å². The van der Waals surface area contributed by atoms with E-state index in [0.717, 1.165) is 18.4 Å². The minimum absolute atomic E-state index is 0.0837. The van der Waals surface area contributed by atoms with Crippen LogP contribution in [0.3, 0.4) is 0 Å². The van der Waals surface area contributed by atoms with Crippen LogP contribution in [-0.4, -0.2) is 10.7 Å². The maximum Gasteiger partial charge on any atom is 0.178 e. The highest BCUT2D eigenvalue weighted by atomic mass is 35.5. The molecule has 0 fully saturated rings. The Bertz CT molecular complexity index is 191. The SMILES string of the molecule is CC1=CCCC(C)(Cl)C1=O. The first kappa shape index (κ1) is 7.80. The average Bonchev–Trinajstić information content (AvgIpc) is 1.83. The van der Waals surface area contributed by atoms with E-state index in [0.29, 0.717) is 0 Å². The maximum absolute atomic E-state index is 11.2. The summed E-state index contributed by atoms with van der Waals surface area (Å²) in [5.41, 5.74) is 0.809. The molecule has 2 heteroatoms. The van der Waals surface area contributed by atoms with Crippen LogP contribution in [0.5, 0.6) is 0 Å². The van der Waals surface area contributed by atoms with Gasteiger partial charge in [-0.2, -0.15) is 0 Å². The second-order valence-electron chi connectivity index (χ2n) is 2.95. The third kappa shape index (κ3) is 1.24. The van der Waals surface area contributed by atoms with Crippen molar-refractivity contribution in [3.63, 3.8) is 0 Å². The van der Waals surface area contributed by atoms with Crippen molar-refractivity contribution in [1.29, 1.82) is 0 Å². The summed E-state index contributed by atoms with van der Waals surface area (Å²) in [6, 6.07) is 0. The Hall–Kier alpha value is -0.300. The van der Waals surface area contributed by atoms with E-state index in [-0.39, 0.29) is 5.78 Å². The van der Waals surface area contributed by atoms with Crippen LogP contribution >= 0.6 is 11.6 Å². The molecule has 0 radical (unpaired) electrons. The molecule has 0 aromatic carbocycles. The van der Waals surface area contributed by atoms with E-state index in [2.05, 4.69) is 0 Å². The first-order chi connectivity index (χ1) is 4.54. The van der Waals surface area contributed by atoms with Crippen LogP contribution < -0.4 is 0 Å². The molecule has 0 spiro atoms. The van der Waals surface area contributed by atoms with Crippen molar-refractivity contribution in [3.05, 3.63) is 11.6 Å². The van der Waals surface area contributed by atoms with Gasteiger partial charge in [0.05, 0.1) is 0 Å². The third-order valence-electron chi connectivity index (χ3n) is 1.90. The number of hydrogen-bond acceptors (Lipinski definition) is 1. The van der Waals surface area contributed by atoms with Crippen molar-refractivity contribution < 1.29 is 4.79 Å². The molecule has 56 valence electrons. The van der Waals surface area contributed by atoms with Crippen molar-refractivity contribution in [3.8, 4) is 0 Å². The van der Waals surface area contributed by atoms with Gasteiger partial charge in [-0.1, -0.05) is 6.08 Å². The van der Waals surface area contributed by atoms with Gasteiger partial charge in [-0.05, 0) is 32.3 Å². The Balaban J connectivity index is 2.89. The minimum Gasteiger partial charge on any atom is -0.293 e. The topological polar surface area (TPSA) is 17.1 Å². The summed E-state index contributed by atoms with van der Waals surface area (Å²) in [7, 11) is 0. The molecule has 1 atom stereocenters. The molecule has 0 aliphatic heterocycles. The van der Waals surface area contributed by atoms with Gasteiger partial charge in [0, 0.05) is 0 Å². The van der Waals surface area contributed by atoms with Gasteiger partial charge < -0.3 is 0 Å². The van der Waals surface area contributed by atoms with Gasteiger partial charge in [0.2, 0.25) is 0 Å². The molecule has 1 aliphatic carbocycles. The van der Waals surface area contributed by atoms with E-state index in [1.165, 1.54) is 0 Å². The number of alkyl halides is 1. The van der Waals surface area contributed by atoms with Gasteiger partial charge in [0.15, 0.2) is 5.78 Å². The largest absolute Gasteiger partial charge is 0.293 e. The van der Waals surface area contributed by atoms with Gasteiger partial charge in [-0.25, -0.2) is 0 Å². The van der Waals surface area contributed by atoms with Gasteiger partial charge in [0.25, 0.3) is 0 Å². The lowest BCUT2D eigenvalue weighted by molar-refractivity contribution is -0.118. The van der Waals surface area contributed by atoms with Crippen molar-refractivity contribution in [2.75, 3.05) is 0 Å². The van der Waals surface area contributed by atoms with Crippen LogP contribution in [0.1, 0.15) is 26.7 Å². The van der Waals surface area contributed by atoms with Crippen molar-refractivity contribution in [1.82, 2.24) is 0 Å². The number of ketones is 1. The van der Waals surface area contributed by atoms with E-state index in [1.54, 1.807) is 6.92 Å². The highest BCUT2D eigenvalue weighted by molar-refractivity contribution is 6.37. The van der Waals surface area contributed by atoms with Crippen LogP contribution in [0.4, 0.5) is 0 Å². The molecular formula is C8H11ClO. The van der Waals surface area contributed by atoms with E-state index < -0.39 is 4.87 Å². The lowest BCUT2D eigenvalue weighted by Crippen LogP contribution is -2.31. The third-order valence-corrected chi connectivity index (χ3v) is 2.26. The molecule has 0 aromatic rings. The zero-order valence-corrected chi connectivity index (χ0v) is 7.03. The molecule has 1 unspecified atom stereocenters. The fraction of sp³-hybridized carbons (Fsp3) is 0.625. The van der Waals surface area contributed by atoms with E-state index in [4.69, 9.17) is 11.6 Å². The molecule has 0 bridgehead atoms. The number of carbonyl (C=O) groups excluding carboxylic acids is 1. The molecule has 0 amide bonds. The van der Waals surface area contributed by atoms with E-state index >= 15 is 0 Å². The van der Waals surface area contributed by atoms with Crippen molar-refractivity contribution >= 4 is 17.4 Å². The summed E-state index contributed by atoms with van der Waals surface area (Å²) < 4.78 is 0. The summed E-state index contributed by atoms with van der Waals surface area (Å²) in [6.07, 6.45) is 3.65. The molecule has 1 aliphatic rings. The number of allylic oxidation sites excluding steroid dienone is 2. The first-order valence-electron chi connectivity index (χ1n) is 3.44. The van der Waals surface area contributed by atoms with Gasteiger partial charge in [-0.3, -0.25) is 4.79 Å². The molecule has 1 rings (SSSR count). The summed E-state index contributed by atoms with van der Waals surface area (Å²) in [6.45, 7) is 3.61. The summed E-state index contributed by atoms with van der Waals surface area (Å²) in [5, 5.41) is 0. The summed E-state index contributed by atoms with van der Waals surface area (Å²) in [5.74, 6) is 0.0837. The fourth-order valence-electron chi connectivity index (χ4n) is 1.18. The van der Waals surface area contributed by atoms with Gasteiger partial charge in [0.1, 0.15) is 4.87 Å². The first-order valence-corrected chi connectivity index (χ1v) is 3.82. The maximum atomic E-state index is 11.2. The summed E-state index contributed by atoms with van der Waals surface area (Å²) >= 11 is 5.93. The van der Waals surface area contributed by atoms with E-state index in [1.807, 2.05) is 13.0 Å². The number of halogens is 1. The normalized spacial score (nSPS) is 33.9. The zero-order chi connectivity index (χ0) is 7.78. The molecule has 0 aromatic heterocycles. The molecule has 0 saturated carbocycles. The predicted molar refractivity (Wildman–Crippen MR) is 42.3 cm³/mol. The standard InChI is InChI=1S/C8H11ClO/c1-6-4-3-5-8(2,9)7(6)10/h4H,3,5H2,1-2H3. The second-order valence-corrected chi connectivity index (χ2v) is 3.79. The molecular weight excluding hydrogens is 148 g/mol. The summed E-state index contributed by atoms with van der Waals surface area (Å²) in [4.78, 5) is 10.6. The molecule has 0 heterocycles. The molecule has 10 heavy (non-hydrogen) atoms. The predicted octanol–water partition coefficient (Wildman–Crippen LogP) is 2.29. The Morgan fingerprint density at radius 3 is 2.70 bits per heavy atom. The lowest BCUT2D eigenvalue weighted by Gasteiger charge is -2.23. The Labute approximate surface area is 66.1 Å².